The van der Waals surface area contributed by atoms with Gasteiger partial charge in [0.15, 0.2) is 0 Å². The number of hydrogen-bond donors (Lipinski definition) is 1. The van der Waals surface area contributed by atoms with E-state index < -0.39 is 6.23 Å². The lowest BCUT2D eigenvalue weighted by atomic mass is 10.1. The molecule has 0 bridgehead atoms. The van der Waals surface area contributed by atoms with Crippen LogP contribution in [0, 0.1) is 12.7 Å². The second kappa shape index (κ2) is 4.62. The minimum Gasteiger partial charge on any atom is -0.374 e. The average Bonchev–Trinajstić information content (AvgIpc) is 2.80. The van der Waals surface area contributed by atoms with Crippen LogP contribution in [0.2, 0.25) is 5.02 Å². The van der Waals surface area contributed by atoms with E-state index in [0.717, 1.165) is 30.3 Å². The first-order valence-electron chi connectivity index (χ1n) is 6.28. The third-order valence-electron chi connectivity index (χ3n) is 3.58. The lowest BCUT2D eigenvalue weighted by Gasteiger charge is -2.24. The number of aliphatic hydroxyl groups excluding tert-OH is 1. The van der Waals surface area contributed by atoms with Crippen molar-refractivity contribution in [1.82, 2.24) is 4.98 Å². The molecule has 1 saturated heterocycles. The summed E-state index contributed by atoms with van der Waals surface area (Å²) in [6.07, 6.45) is 1.11. The molecule has 5 heteroatoms. The number of nitrogens with zero attached hydrogens (tertiary/aromatic N) is 2. The van der Waals surface area contributed by atoms with Crippen LogP contribution in [0.25, 0.3) is 10.9 Å². The molecule has 100 valence electrons. The lowest BCUT2D eigenvalue weighted by Crippen LogP contribution is -2.30. The number of aromatic nitrogens is 1. The molecule has 1 N–H and O–H groups in total. The van der Waals surface area contributed by atoms with E-state index in [-0.39, 0.29) is 5.82 Å². The van der Waals surface area contributed by atoms with Gasteiger partial charge in [0.25, 0.3) is 0 Å². The predicted molar refractivity (Wildman–Crippen MR) is 74.0 cm³/mol. The van der Waals surface area contributed by atoms with Crippen LogP contribution in [-0.4, -0.2) is 22.9 Å². The molecule has 1 aliphatic heterocycles. The summed E-state index contributed by atoms with van der Waals surface area (Å²) in [7, 11) is 0. The zero-order valence-electron chi connectivity index (χ0n) is 10.5. The molecule has 1 aliphatic rings. The van der Waals surface area contributed by atoms with E-state index in [1.807, 2.05) is 11.8 Å². The highest BCUT2D eigenvalue weighted by molar-refractivity contribution is 6.36. The van der Waals surface area contributed by atoms with Gasteiger partial charge in [-0.2, -0.15) is 0 Å². The fourth-order valence-electron chi connectivity index (χ4n) is 2.56. The molecule has 3 rings (SSSR count). The molecule has 1 aromatic heterocycles. The molecule has 19 heavy (non-hydrogen) atoms. The van der Waals surface area contributed by atoms with Crippen molar-refractivity contribution >= 4 is 28.3 Å². The van der Waals surface area contributed by atoms with Crippen LogP contribution in [0.4, 0.5) is 10.2 Å². The first-order valence-corrected chi connectivity index (χ1v) is 6.66. The zero-order valence-corrected chi connectivity index (χ0v) is 11.3. The van der Waals surface area contributed by atoms with Crippen LogP contribution >= 0.6 is 11.6 Å². The third-order valence-corrected chi connectivity index (χ3v) is 4.07. The fourth-order valence-corrected chi connectivity index (χ4v) is 2.80. The monoisotopic (exact) mass is 280 g/mol. The summed E-state index contributed by atoms with van der Waals surface area (Å²) in [6, 6.07) is 4.38. The van der Waals surface area contributed by atoms with Gasteiger partial charge in [-0.05, 0) is 31.9 Å². The van der Waals surface area contributed by atoms with Gasteiger partial charge in [-0.1, -0.05) is 11.6 Å². The highest BCUT2D eigenvalue weighted by Gasteiger charge is 2.26. The molecule has 1 aromatic carbocycles. The van der Waals surface area contributed by atoms with E-state index in [4.69, 9.17) is 11.6 Å². The van der Waals surface area contributed by atoms with E-state index in [1.54, 1.807) is 6.07 Å². The highest BCUT2D eigenvalue weighted by atomic mass is 35.5. The third kappa shape index (κ3) is 2.05. The van der Waals surface area contributed by atoms with Crippen LogP contribution in [0.5, 0.6) is 0 Å². The Bertz CT molecular complexity index is 647. The molecule has 0 spiro atoms. The summed E-state index contributed by atoms with van der Waals surface area (Å²) in [5, 5.41) is 11.3. The Balaban J connectivity index is 2.22. The van der Waals surface area contributed by atoms with E-state index in [9.17, 15) is 9.50 Å². The normalized spacial score (nSPS) is 19.4. The maximum atomic E-state index is 13.3. The Morgan fingerprint density at radius 3 is 2.95 bits per heavy atom. The fraction of sp³-hybridized carbons (Fsp3) is 0.357. The Morgan fingerprint density at radius 1 is 1.47 bits per heavy atom. The average molecular weight is 281 g/mol. The van der Waals surface area contributed by atoms with Crippen molar-refractivity contribution in [2.45, 2.75) is 26.0 Å². The van der Waals surface area contributed by atoms with E-state index in [0.29, 0.717) is 16.4 Å². The van der Waals surface area contributed by atoms with Crippen molar-refractivity contribution in [1.29, 1.82) is 0 Å². The second-order valence-corrected chi connectivity index (χ2v) is 5.23. The summed E-state index contributed by atoms with van der Waals surface area (Å²) in [4.78, 5) is 6.30. The number of pyridine rings is 1. The van der Waals surface area contributed by atoms with E-state index >= 15 is 0 Å². The van der Waals surface area contributed by atoms with Gasteiger partial charge in [0, 0.05) is 23.6 Å². The molecule has 0 saturated carbocycles. The number of halogens is 2. The predicted octanol–water partition coefficient (Wildman–Crippen LogP) is 3.25. The van der Waals surface area contributed by atoms with Crippen molar-refractivity contribution in [3.8, 4) is 0 Å². The summed E-state index contributed by atoms with van der Waals surface area (Å²) in [6.45, 7) is 2.62. The number of aliphatic hydroxyl groups is 1. The molecule has 1 fully saturated rings. The van der Waals surface area contributed by atoms with Gasteiger partial charge in [0.05, 0.1) is 10.5 Å². The molecular weight excluding hydrogens is 267 g/mol. The second-order valence-electron chi connectivity index (χ2n) is 4.85. The smallest absolute Gasteiger partial charge is 0.135 e. The maximum absolute atomic E-state index is 13.3. The SMILES string of the molecule is Cc1c(N2CCCC2O)nc2cc(F)ccc2c1Cl. The van der Waals surface area contributed by atoms with Gasteiger partial charge in [0.2, 0.25) is 0 Å². The molecular formula is C14H14ClFN2O. The van der Waals surface area contributed by atoms with Gasteiger partial charge in [-0.3, -0.25) is 0 Å². The summed E-state index contributed by atoms with van der Waals surface area (Å²) < 4.78 is 13.3. The van der Waals surface area contributed by atoms with Gasteiger partial charge < -0.3 is 10.0 Å². The first kappa shape index (κ1) is 12.6. The van der Waals surface area contributed by atoms with Crippen molar-refractivity contribution in [2.75, 3.05) is 11.4 Å². The molecule has 1 unspecified atom stereocenters. The summed E-state index contributed by atoms with van der Waals surface area (Å²) in [5.74, 6) is 0.306. The highest BCUT2D eigenvalue weighted by Crippen LogP contribution is 2.34. The first-order chi connectivity index (χ1) is 9.08. The largest absolute Gasteiger partial charge is 0.374 e. The molecule has 0 aliphatic carbocycles. The number of anilines is 1. The Labute approximate surface area is 115 Å². The quantitative estimate of drug-likeness (QED) is 0.871. The van der Waals surface area contributed by atoms with Crippen molar-refractivity contribution in [3.05, 3.63) is 34.6 Å². The maximum Gasteiger partial charge on any atom is 0.135 e. The number of rotatable bonds is 1. The molecule has 3 nitrogen and oxygen atoms in total. The minimum absolute atomic E-state index is 0.340. The standard InChI is InChI=1S/C14H14ClFN2O/c1-8-13(15)10-5-4-9(16)7-11(10)17-14(8)18-6-2-3-12(18)19/h4-5,7,12,19H,2-3,6H2,1H3. The summed E-state index contributed by atoms with van der Waals surface area (Å²) in [5.41, 5.74) is 1.34. The van der Waals surface area contributed by atoms with Crippen LogP contribution in [0.1, 0.15) is 18.4 Å². The minimum atomic E-state index is -0.534. The Kier molecular flexibility index (Phi) is 3.07. The van der Waals surface area contributed by atoms with Crippen LogP contribution in [-0.2, 0) is 0 Å². The molecule has 2 aromatic rings. The molecule has 2 heterocycles. The van der Waals surface area contributed by atoms with Crippen molar-refractivity contribution in [2.24, 2.45) is 0 Å². The van der Waals surface area contributed by atoms with Crippen LogP contribution in [0.3, 0.4) is 0 Å². The number of hydrogen-bond acceptors (Lipinski definition) is 3. The number of benzene rings is 1. The van der Waals surface area contributed by atoms with E-state index in [2.05, 4.69) is 4.98 Å². The van der Waals surface area contributed by atoms with Gasteiger partial charge in [0.1, 0.15) is 17.9 Å². The van der Waals surface area contributed by atoms with Gasteiger partial charge in [-0.25, -0.2) is 9.37 Å². The lowest BCUT2D eigenvalue weighted by molar-refractivity contribution is 0.185. The van der Waals surface area contributed by atoms with Gasteiger partial charge in [-0.15, -0.1) is 0 Å². The molecule has 0 radical (unpaired) electrons. The number of fused-ring (bicyclic) bond motifs is 1. The van der Waals surface area contributed by atoms with Crippen LogP contribution in [0.15, 0.2) is 18.2 Å². The zero-order chi connectivity index (χ0) is 13.6. The molecule has 0 amide bonds. The van der Waals surface area contributed by atoms with Crippen molar-refractivity contribution < 1.29 is 9.50 Å². The van der Waals surface area contributed by atoms with Gasteiger partial charge >= 0.3 is 0 Å². The van der Waals surface area contributed by atoms with Crippen molar-refractivity contribution in [3.63, 3.8) is 0 Å². The Hall–Kier alpha value is -1.39. The molecule has 1 atom stereocenters. The topological polar surface area (TPSA) is 36.4 Å². The van der Waals surface area contributed by atoms with Crippen LogP contribution < -0.4 is 4.90 Å². The Morgan fingerprint density at radius 2 is 2.26 bits per heavy atom. The summed E-state index contributed by atoms with van der Waals surface area (Å²) >= 11 is 6.34. The van der Waals surface area contributed by atoms with E-state index in [1.165, 1.54) is 12.1 Å².